The summed E-state index contributed by atoms with van der Waals surface area (Å²) >= 11 is 3.23. The van der Waals surface area contributed by atoms with E-state index in [2.05, 4.69) is 21.2 Å². The van der Waals surface area contributed by atoms with Crippen LogP contribution in [0.2, 0.25) is 0 Å². The minimum absolute atomic E-state index is 0.126. The molecule has 0 bridgehead atoms. The average Bonchev–Trinajstić information content (AvgIpc) is 2.42. The van der Waals surface area contributed by atoms with E-state index in [1.165, 1.54) is 18.2 Å². The van der Waals surface area contributed by atoms with Crippen molar-refractivity contribution in [1.82, 2.24) is 0 Å². The third-order valence-electron chi connectivity index (χ3n) is 2.88. The zero-order valence-corrected chi connectivity index (χ0v) is 11.9. The Hall–Kier alpha value is -1.68. The Morgan fingerprint density at radius 1 is 1.21 bits per heavy atom. The van der Waals surface area contributed by atoms with Crippen LogP contribution in [-0.2, 0) is 4.79 Å². The van der Waals surface area contributed by atoms with Gasteiger partial charge in [0.05, 0.1) is 11.6 Å². The Bertz CT molecular complexity index is 586. The molecule has 98 valence electrons. The molecule has 0 aromatic heterocycles. The van der Waals surface area contributed by atoms with Crippen LogP contribution >= 0.6 is 15.9 Å². The summed E-state index contributed by atoms with van der Waals surface area (Å²) in [5, 5.41) is 2.78. The number of hydrogen-bond donors (Lipinski definition) is 1. The standard InChI is InChI=1S/C15H13BrFNO/c1-10(11-5-3-2-4-6-11)15(19)18-14-8-7-12(17)9-13(14)16/h2-10H,1H3,(H,18,19). The van der Waals surface area contributed by atoms with Gasteiger partial charge in [0.25, 0.3) is 0 Å². The van der Waals surface area contributed by atoms with Crippen LogP contribution < -0.4 is 5.32 Å². The highest BCUT2D eigenvalue weighted by molar-refractivity contribution is 9.10. The van der Waals surface area contributed by atoms with Gasteiger partial charge >= 0.3 is 0 Å². The fourth-order valence-electron chi connectivity index (χ4n) is 1.72. The van der Waals surface area contributed by atoms with Crippen LogP contribution in [-0.4, -0.2) is 5.91 Å². The van der Waals surface area contributed by atoms with Crippen LogP contribution in [0.4, 0.5) is 10.1 Å². The molecule has 0 saturated carbocycles. The van der Waals surface area contributed by atoms with Gasteiger partial charge in [-0.15, -0.1) is 0 Å². The van der Waals surface area contributed by atoms with Crippen molar-refractivity contribution in [3.63, 3.8) is 0 Å². The van der Waals surface area contributed by atoms with E-state index >= 15 is 0 Å². The summed E-state index contributed by atoms with van der Waals surface area (Å²) in [5.41, 5.74) is 1.51. The van der Waals surface area contributed by atoms with Crippen molar-refractivity contribution < 1.29 is 9.18 Å². The lowest BCUT2D eigenvalue weighted by Crippen LogP contribution is -2.19. The molecule has 19 heavy (non-hydrogen) atoms. The Morgan fingerprint density at radius 2 is 1.89 bits per heavy atom. The first-order valence-electron chi connectivity index (χ1n) is 5.89. The molecule has 1 amide bonds. The maximum absolute atomic E-state index is 13.0. The first kappa shape index (κ1) is 13.7. The van der Waals surface area contributed by atoms with E-state index in [4.69, 9.17) is 0 Å². The van der Waals surface area contributed by atoms with Gasteiger partial charge in [0.1, 0.15) is 5.82 Å². The summed E-state index contributed by atoms with van der Waals surface area (Å²) in [4.78, 5) is 12.1. The zero-order chi connectivity index (χ0) is 13.8. The Kier molecular flexibility index (Phi) is 4.32. The number of rotatable bonds is 3. The minimum Gasteiger partial charge on any atom is -0.325 e. The average molecular weight is 322 g/mol. The molecule has 0 fully saturated rings. The predicted octanol–water partition coefficient (Wildman–Crippen LogP) is 4.33. The first-order valence-corrected chi connectivity index (χ1v) is 6.68. The molecule has 1 atom stereocenters. The molecule has 0 aliphatic carbocycles. The first-order chi connectivity index (χ1) is 9.08. The second-order valence-corrected chi connectivity index (χ2v) is 5.10. The molecule has 2 nitrogen and oxygen atoms in total. The van der Waals surface area contributed by atoms with Gasteiger partial charge in [-0.2, -0.15) is 0 Å². The van der Waals surface area contributed by atoms with Crippen LogP contribution in [0.25, 0.3) is 0 Å². The van der Waals surface area contributed by atoms with Crippen LogP contribution in [0.15, 0.2) is 53.0 Å². The number of anilines is 1. The summed E-state index contributed by atoms with van der Waals surface area (Å²) < 4.78 is 13.5. The molecule has 2 aromatic rings. The number of halogens is 2. The Morgan fingerprint density at radius 3 is 2.53 bits per heavy atom. The van der Waals surface area contributed by atoms with Crippen molar-refractivity contribution in [3.8, 4) is 0 Å². The van der Waals surface area contributed by atoms with E-state index in [1.54, 1.807) is 0 Å². The van der Waals surface area contributed by atoms with Crippen LogP contribution in [0.5, 0.6) is 0 Å². The second-order valence-electron chi connectivity index (χ2n) is 4.25. The van der Waals surface area contributed by atoms with Gasteiger partial charge in [-0.1, -0.05) is 30.3 Å². The number of hydrogen-bond acceptors (Lipinski definition) is 1. The minimum atomic E-state index is -0.346. The Balaban J connectivity index is 2.13. The fraction of sp³-hybridized carbons (Fsp3) is 0.133. The lowest BCUT2D eigenvalue weighted by molar-refractivity contribution is -0.117. The van der Waals surface area contributed by atoms with Crippen molar-refractivity contribution in [2.24, 2.45) is 0 Å². The molecule has 2 aromatic carbocycles. The molecule has 0 saturated heterocycles. The van der Waals surface area contributed by atoms with E-state index in [1.807, 2.05) is 37.3 Å². The Labute approximate surface area is 119 Å². The summed E-state index contributed by atoms with van der Waals surface area (Å²) in [5.74, 6) is -0.738. The smallest absolute Gasteiger partial charge is 0.231 e. The van der Waals surface area contributed by atoms with Gasteiger partial charge in [-0.25, -0.2) is 4.39 Å². The maximum Gasteiger partial charge on any atom is 0.231 e. The highest BCUT2D eigenvalue weighted by Crippen LogP contribution is 2.25. The number of nitrogens with one attached hydrogen (secondary N) is 1. The van der Waals surface area contributed by atoms with E-state index in [0.29, 0.717) is 10.2 Å². The van der Waals surface area contributed by atoms with Crippen LogP contribution in [0.1, 0.15) is 18.4 Å². The predicted molar refractivity (Wildman–Crippen MR) is 77.6 cm³/mol. The van der Waals surface area contributed by atoms with Gasteiger partial charge in [0.15, 0.2) is 0 Å². The monoisotopic (exact) mass is 321 g/mol. The van der Waals surface area contributed by atoms with Crippen molar-refractivity contribution in [2.45, 2.75) is 12.8 Å². The maximum atomic E-state index is 13.0. The van der Waals surface area contributed by atoms with Crippen LogP contribution in [0, 0.1) is 5.82 Å². The summed E-state index contributed by atoms with van der Waals surface area (Å²) in [6.07, 6.45) is 0. The van der Waals surface area contributed by atoms with Crippen molar-refractivity contribution in [3.05, 3.63) is 64.4 Å². The summed E-state index contributed by atoms with van der Waals surface area (Å²) in [6, 6.07) is 13.7. The molecule has 0 radical (unpaired) electrons. The number of benzene rings is 2. The molecule has 1 N–H and O–H groups in total. The van der Waals surface area contributed by atoms with Gasteiger partial charge in [-0.05, 0) is 46.6 Å². The molecule has 0 heterocycles. The van der Waals surface area contributed by atoms with Gasteiger partial charge in [0.2, 0.25) is 5.91 Å². The largest absolute Gasteiger partial charge is 0.325 e. The molecule has 1 unspecified atom stereocenters. The van der Waals surface area contributed by atoms with Crippen molar-refractivity contribution in [2.75, 3.05) is 5.32 Å². The fourth-order valence-corrected chi connectivity index (χ4v) is 2.17. The van der Waals surface area contributed by atoms with Gasteiger partial charge in [-0.3, -0.25) is 4.79 Å². The molecule has 0 aliphatic rings. The molecule has 2 rings (SSSR count). The topological polar surface area (TPSA) is 29.1 Å². The highest BCUT2D eigenvalue weighted by atomic mass is 79.9. The number of carbonyl (C=O) groups is 1. The van der Waals surface area contributed by atoms with E-state index < -0.39 is 0 Å². The molecular formula is C15H13BrFNO. The molecule has 4 heteroatoms. The number of amides is 1. The number of carbonyl (C=O) groups excluding carboxylic acids is 1. The lowest BCUT2D eigenvalue weighted by atomic mass is 10.0. The lowest BCUT2D eigenvalue weighted by Gasteiger charge is -2.13. The van der Waals surface area contributed by atoms with Crippen molar-refractivity contribution >= 4 is 27.5 Å². The zero-order valence-electron chi connectivity index (χ0n) is 10.4. The third-order valence-corrected chi connectivity index (χ3v) is 3.54. The van der Waals surface area contributed by atoms with Gasteiger partial charge in [0, 0.05) is 4.47 Å². The van der Waals surface area contributed by atoms with Crippen LogP contribution in [0.3, 0.4) is 0 Å². The quantitative estimate of drug-likeness (QED) is 0.895. The van der Waals surface area contributed by atoms with E-state index in [0.717, 1.165) is 5.56 Å². The molecule has 0 spiro atoms. The molecular weight excluding hydrogens is 309 g/mol. The third kappa shape index (κ3) is 3.41. The normalized spacial score (nSPS) is 11.9. The second kappa shape index (κ2) is 5.97. The highest BCUT2D eigenvalue weighted by Gasteiger charge is 2.16. The summed E-state index contributed by atoms with van der Waals surface area (Å²) in [7, 11) is 0. The van der Waals surface area contributed by atoms with Gasteiger partial charge < -0.3 is 5.32 Å². The SMILES string of the molecule is CC(C(=O)Nc1ccc(F)cc1Br)c1ccccc1. The van der Waals surface area contributed by atoms with E-state index in [9.17, 15) is 9.18 Å². The van der Waals surface area contributed by atoms with Crippen molar-refractivity contribution in [1.29, 1.82) is 0 Å². The summed E-state index contributed by atoms with van der Waals surface area (Å²) in [6.45, 7) is 1.84. The van der Waals surface area contributed by atoms with E-state index in [-0.39, 0.29) is 17.6 Å². The molecule has 0 aliphatic heterocycles.